The van der Waals surface area contributed by atoms with Gasteiger partial charge in [0, 0.05) is 4.83 Å². The Bertz CT molecular complexity index is 255. The summed E-state index contributed by atoms with van der Waals surface area (Å²) in [6.07, 6.45) is 9.23. The van der Waals surface area contributed by atoms with Crippen LogP contribution < -0.4 is 0 Å². The van der Waals surface area contributed by atoms with Crippen LogP contribution in [0.15, 0.2) is 30.3 Å². The highest BCUT2D eigenvalue weighted by Gasteiger charge is 2.03. The average molecular weight is 283 g/mol. The molecule has 0 bridgehead atoms. The molecule has 0 aromatic heterocycles. The lowest BCUT2D eigenvalue weighted by molar-refractivity contribution is 0.607. The van der Waals surface area contributed by atoms with Crippen molar-refractivity contribution < 1.29 is 0 Å². The van der Waals surface area contributed by atoms with Crippen LogP contribution in [0.4, 0.5) is 0 Å². The van der Waals surface area contributed by atoms with E-state index in [9.17, 15) is 0 Å². The fraction of sp³-hybridized carbons (Fsp3) is 0.600. The summed E-state index contributed by atoms with van der Waals surface area (Å²) in [6, 6.07) is 10.8. The highest BCUT2D eigenvalue weighted by molar-refractivity contribution is 9.09. The van der Waals surface area contributed by atoms with Gasteiger partial charge in [-0.25, -0.2) is 0 Å². The van der Waals surface area contributed by atoms with Gasteiger partial charge >= 0.3 is 0 Å². The Labute approximate surface area is 109 Å². The van der Waals surface area contributed by atoms with E-state index in [1.807, 2.05) is 0 Å². The molecule has 0 amide bonds. The molecule has 1 atom stereocenters. The van der Waals surface area contributed by atoms with Gasteiger partial charge in [-0.3, -0.25) is 0 Å². The van der Waals surface area contributed by atoms with E-state index in [1.165, 1.54) is 50.5 Å². The van der Waals surface area contributed by atoms with Gasteiger partial charge in [0.2, 0.25) is 0 Å². The summed E-state index contributed by atoms with van der Waals surface area (Å²) in [5, 5.41) is 0. The number of unbranched alkanes of at least 4 members (excludes halogenated alkanes) is 2. The first-order valence-corrected chi connectivity index (χ1v) is 7.42. The van der Waals surface area contributed by atoms with Gasteiger partial charge in [0.05, 0.1) is 0 Å². The van der Waals surface area contributed by atoms with Gasteiger partial charge in [0.15, 0.2) is 0 Å². The molecule has 1 rings (SSSR count). The molecular weight excluding hydrogens is 260 g/mol. The second-order valence-electron chi connectivity index (χ2n) is 4.47. The molecule has 90 valence electrons. The van der Waals surface area contributed by atoms with Crippen molar-refractivity contribution in [2.75, 3.05) is 0 Å². The molecule has 0 radical (unpaired) electrons. The third kappa shape index (κ3) is 6.32. The third-order valence-corrected chi connectivity index (χ3v) is 3.86. The van der Waals surface area contributed by atoms with Crippen LogP contribution in [-0.4, -0.2) is 4.83 Å². The molecule has 16 heavy (non-hydrogen) atoms. The van der Waals surface area contributed by atoms with Crippen molar-refractivity contribution in [2.24, 2.45) is 0 Å². The topological polar surface area (TPSA) is 0 Å². The number of alkyl halides is 1. The Morgan fingerprint density at radius 3 is 2.38 bits per heavy atom. The molecule has 0 aliphatic heterocycles. The van der Waals surface area contributed by atoms with Crippen LogP contribution >= 0.6 is 15.9 Å². The molecular formula is C15H23Br. The molecule has 0 saturated carbocycles. The normalized spacial score (nSPS) is 12.6. The fourth-order valence-corrected chi connectivity index (χ4v) is 2.58. The molecule has 0 aliphatic carbocycles. The Hall–Kier alpha value is -0.300. The maximum Gasteiger partial charge on any atom is 0.0145 e. The van der Waals surface area contributed by atoms with Crippen LogP contribution in [-0.2, 0) is 6.42 Å². The second-order valence-corrected chi connectivity index (χ2v) is 5.77. The number of halogens is 1. The highest BCUT2D eigenvalue weighted by Crippen LogP contribution is 2.17. The lowest BCUT2D eigenvalue weighted by Gasteiger charge is -2.09. The van der Waals surface area contributed by atoms with Crippen molar-refractivity contribution in [3.63, 3.8) is 0 Å². The zero-order valence-electron chi connectivity index (χ0n) is 10.3. The van der Waals surface area contributed by atoms with E-state index >= 15 is 0 Å². The van der Waals surface area contributed by atoms with Crippen LogP contribution in [0.3, 0.4) is 0 Å². The Balaban J connectivity index is 2.06. The lowest BCUT2D eigenvalue weighted by Crippen LogP contribution is -1.98. The minimum Gasteiger partial charge on any atom is -0.0891 e. The summed E-state index contributed by atoms with van der Waals surface area (Å²) in [5.41, 5.74) is 1.47. The maximum absolute atomic E-state index is 3.78. The third-order valence-electron chi connectivity index (χ3n) is 2.95. The minimum atomic E-state index is 0.725. The lowest BCUT2D eigenvalue weighted by atomic mass is 10.0. The molecule has 1 aromatic rings. The van der Waals surface area contributed by atoms with Crippen LogP contribution in [0.2, 0.25) is 0 Å². The first-order valence-electron chi connectivity index (χ1n) is 6.51. The molecule has 0 saturated heterocycles. The monoisotopic (exact) mass is 282 g/mol. The van der Waals surface area contributed by atoms with Gasteiger partial charge in [-0.15, -0.1) is 0 Å². The van der Waals surface area contributed by atoms with Crippen molar-refractivity contribution >= 4 is 15.9 Å². The first kappa shape index (κ1) is 13.8. The number of benzene rings is 1. The smallest absolute Gasteiger partial charge is 0.0145 e. The van der Waals surface area contributed by atoms with Gasteiger partial charge in [-0.05, 0) is 31.2 Å². The Morgan fingerprint density at radius 1 is 1.00 bits per heavy atom. The average Bonchev–Trinajstić information content (AvgIpc) is 2.31. The van der Waals surface area contributed by atoms with E-state index in [0.717, 1.165) is 4.83 Å². The van der Waals surface area contributed by atoms with Gasteiger partial charge in [0.1, 0.15) is 0 Å². The van der Waals surface area contributed by atoms with Gasteiger partial charge in [-0.1, -0.05) is 72.4 Å². The standard InChI is InChI=1S/C15H23Br/c1-2-3-5-12-15(16)13-8-11-14-9-6-4-7-10-14/h4,6-7,9-10,15H,2-3,5,8,11-13H2,1H3. The van der Waals surface area contributed by atoms with E-state index in [-0.39, 0.29) is 0 Å². The predicted octanol–water partition coefficient (Wildman–Crippen LogP) is 5.35. The number of hydrogen-bond acceptors (Lipinski definition) is 0. The molecule has 0 N–H and O–H groups in total. The summed E-state index contributed by atoms with van der Waals surface area (Å²) in [6.45, 7) is 2.26. The zero-order valence-corrected chi connectivity index (χ0v) is 11.9. The van der Waals surface area contributed by atoms with Crippen molar-refractivity contribution in [2.45, 2.75) is 56.7 Å². The molecule has 0 fully saturated rings. The summed E-state index contributed by atoms with van der Waals surface area (Å²) in [5.74, 6) is 0. The molecule has 1 unspecified atom stereocenters. The van der Waals surface area contributed by atoms with E-state index < -0.39 is 0 Å². The minimum absolute atomic E-state index is 0.725. The molecule has 1 heteroatoms. The van der Waals surface area contributed by atoms with E-state index in [2.05, 4.69) is 53.2 Å². The van der Waals surface area contributed by atoms with E-state index in [1.54, 1.807) is 0 Å². The van der Waals surface area contributed by atoms with Crippen molar-refractivity contribution in [1.29, 1.82) is 0 Å². The van der Waals surface area contributed by atoms with E-state index in [4.69, 9.17) is 0 Å². The fourth-order valence-electron chi connectivity index (χ4n) is 1.93. The van der Waals surface area contributed by atoms with Crippen molar-refractivity contribution in [3.05, 3.63) is 35.9 Å². The molecule has 0 heterocycles. The predicted molar refractivity (Wildman–Crippen MR) is 76.2 cm³/mol. The summed E-state index contributed by atoms with van der Waals surface area (Å²) in [7, 11) is 0. The van der Waals surface area contributed by atoms with Crippen LogP contribution in [0.1, 0.15) is 51.0 Å². The SMILES string of the molecule is CCCCCC(Br)CCCc1ccccc1. The largest absolute Gasteiger partial charge is 0.0891 e. The Kier molecular flexibility index (Phi) is 7.58. The first-order chi connectivity index (χ1) is 7.83. The quantitative estimate of drug-likeness (QED) is 0.445. The maximum atomic E-state index is 3.78. The molecule has 0 spiro atoms. The van der Waals surface area contributed by atoms with Gasteiger partial charge in [-0.2, -0.15) is 0 Å². The second kappa shape index (κ2) is 8.81. The van der Waals surface area contributed by atoms with E-state index in [0.29, 0.717) is 0 Å². The number of hydrogen-bond donors (Lipinski definition) is 0. The van der Waals surface area contributed by atoms with Crippen molar-refractivity contribution in [3.8, 4) is 0 Å². The summed E-state index contributed by atoms with van der Waals surface area (Å²) in [4.78, 5) is 0.725. The molecule has 1 aromatic carbocycles. The highest BCUT2D eigenvalue weighted by atomic mass is 79.9. The number of aryl methyl sites for hydroxylation is 1. The van der Waals surface area contributed by atoms with Gasteiger partial charge in [0.25, 0.3) is 0 Å². The Morgan fingerprint density at radius 2 is 1.69 bits per heavy atom. The van der Waals surface area contributed by atoms with Crippen LogP contribution in [0.25, 0.3) is 0 Å². The number of rotatable bonds is 8. The van der Waals surface area contributed by atoms with Gasteiger partial charge < -0.3 is 0 Å². The summed E-state index contributed by atoms with van der Waals surface area (Å²) < 4.78 is 0. The van der Waals surface area contributed by atoms with Crippen molar-refractivity contribution in [1.82, 2.24) is 0 Å². The summed E-state index contributed by atoms with van der Waals surface area (Å²) >= 11 is 3.78. The van der Waals surface area contributed by atoms with Crippen LogP contribution in [0.5, 0.6) is 0 Å². The van der Waals surface area contributed by atoms with Crippen LogP contribution in [0, 0.1) is 0 Å². The molecule has 0 aliphatic rings. The molecule has 0 nitrogen and oxygen atoms in total. The zero-order chi connectivity index (χ0) is 11.6.